The number of esters is 1. The summed E-state index contributed by atoms with van der Waals surface area (Å²) >= 11 is 0. The van der Waals surface area contributed by atoms with E-state index in [1.54, 1.807) is 6.92 Å². The third-order valence-electron chi connectivity index (χ3n) is 13.6. The van der Waals surface area contributed by atoms with Crippen LogP contribution in [0.4, 0.5) is 0 Å². The third kappa shape index (κ3) is 3.21. The third-order valence-corrected chi connectivity index (χ3v) is 13.6. The Balaban J connectivity index is 1.51. The molecule has 0 aromatic rings. The highest BCUT2D eigenvalue weighted by atomic mass is 16.5. The van der Waals surface area contributed by atoms with Gasteiger partial charge in [-0.05, 0) is 117 Å². The molecule has 5 rings (SSSR count). The van der Waals surface area contributed by atoms with E-state index in [-0.39, 0.29) is 33.7 Å². The number of rotatable bonds is 3. The van der Waals surface area contributed by atoms with Gasteiger partial charge in [-0.2, -0.15) is 0 Å². The van der Waals surface area contributed by atoms with Gasteiger partial charge in [0.2, 0.25) is 0 Å². The number of fused-ring (bicyclic) bond motifs is 7. The fraction of sp³-hybridized carbons (Fsp3) is 0.875. The van der Waals surface area contributed by atoms with Crippen LogP contribution in [-0.4, -0.2) is 18.4 Å². The molecular weight excluding hydrogens is 432 g/mol. The second kappa shape index (κ2) is 7.94. The minimum absolute atomic E-state index is 0.00743. The highest BCUT2D eigenvalue weighted by Gasteiger charge is 2.71. The molecule has 10 atom stereocenters. The van der Waals surface area contributed by atoms with Crippen LogP contribution in [0.5, 0.6) is 0 Å². The molecule has 0 aromatic heterocycles. The lowest BCUT2D eigenvalue weighted by Gasteiger charge is -2.72. The summed E-state index contributed by atoms with van der Waals surface area (Å²) in [7, 11) is 0. The number of hydrogen-bond acceptors (Lipinski definition) is 3. The van der Waals surface area contributed by atoms with E-state index in [2.05, 4.69) is 48.1 Å². The Labute approximate surface area is 214 Å². The van der Waals surface area contributed by atoms with Crippen molar-refractivity contribution in [2.45, 2.75) is 119 Å². The number of ether oxygens (including phenoxy) is 1. The van der Waals surface area contributed by atoms with Gasteiger partial charge < -0.3 is 9.53 Å². The number of carbonyl (C=O) groups excluding carboxylic acids is 2. The first kappa shape index (κ1) is 25.5. The molecule has 5 aliphatic carbocycles. The molecule has 5 saturated carbocycles. The van der Waals surface area contributed by atoms with Crippen molar-refractivity contribution in [3.8, 4) is 0 Å². The summed E-state index contributed by atoms with van der Waals surface area (Å²) in [6.07, 6.45) is 13.1. The van der Waals surface area contributed by atoms with Crippen molar-refractivity contribution in [3.63, 3.8) is 0 Å². The fourth-order valence-electron chi connectivity index (χ4n) is 11.8. The zero-order valence-corrected chi connectivity index (χ0v) is 23.5. The highest BCUT2D eigenvalue weighted by molar-refractivity contribution is 5.66. The molecule has 0 aliphatic heterocycles. The van der Waals surface area contributed by atoms with Gasteiger partial charge in [-0.25, -0.2) is 0 Å². The van der Waals surface area contributed by atoms with Crippen LogP contribution < -0.4 is 0 Å². The number of aldehydes is 1. The predicted octanol–water partition coefficient (Wildman–Crippen LogP) is 7.77. The minimum atomic E-state index is -0.134. The molecule has 35 heavy (non-hydrogen) atoms. The highest BCUT2D eigenvalue weighted by Crippen LogP contribution is 2.77. The quantitative estimate of drug-likeness (QED) is 0.234. The summed E-state index contributed by atoms with van der Waals surface area (Å²) in [5.74, 6) is 2.76. The Morgan fingerprint density at radius 3 is 2.17 bits per heavy atom. The molecular formula is C32H50O3. The average Bonchev–Trinajstić information content (AvgIpc) is 3.16. The molecule has 0 heterocycles. The maximum atomic E-state index is 12.6. The van der Waals surface area contributed by atoms with Gasteiger partial charge in [-0.15, -0.1) is 0 Å². The molecule has 196 valence electrons. The molecule has 0 amide bonds. The van der Waals surface area contributed by atoms with E-state index in [0.717, 1.165) is 32.1 Å². The fourth-order valence-corrected chi connectivity index (χ4v) is 11.8. The Bertz CT molecular complexity index is 920. The van der Waals surface area contributed by atoms with Crippen LogP contribution in [0.3, 0.4) is 0 Å². The van der Waals surface area contributed by atoms with Crippen molar-refractivity contribution >= 4 is 12.3 Å². The van der Waals surface area contributed by atoms with Crippen LogP contribution in [0.25, 0.3) is 0 Å². The van der Waals surface area contributed by atoms with Crippen molar-refractivity contribution in [1.29, 1.82) is 0 Å². The summed E-state index contributed by atoms with van der Waals surface area (Å²) in [4.78, 5) is 24.5. The Morgan fingerprint density at radius 1 is 0.829 bits per heavy atom. The molecule has 5 unspecified atom stereocenters. The summed E-state index contributed by atoms with van der Waals surface area (Å²) in [5.41, 5.74) is 2.05. The SMILES string of the molecule is C=C(C)C1CC[C@]2(C=O)CC[C@]3(C)C(CCC4[C@@]5(C)CC[C@H](OC(C)=O)C(C)(C)C5CC[C@]43C)C12. The Kier molecular flexibility index (Phi) is 5.79. The van der Waals surface area contributed by atoms with E-state index < -0.39 is 0 Å². The van der Waals surface area contributed by atoms with Crippen LogP contribution in [0, 0.1) is 56.7 Å². The van der Waals surface area contributed by atoms with Crippen LogP contribution in [0.2, 0.25) is 0 Å². The minimum Gasteiger partial charge on any atom is -0.462 e. The zero-order valence-electron chi connectivity index (χ0n) is 23.5. The number of carbonyl (C=O) groups is 2. The molecule has 0 N–H and O–H groups in total. The average molecular weight is 483 g/mol. The lowest BCUT2D eigenvalue weighted by Crippen LogP contribution is -2.66. The molecule has 0 bridgehead atoms. The Morgan fingerprint density at radius 2 is 1.54 bits per heavy atom. The van der Waals surface area contributed by atoms with E-state index in [4.69, 9.17) is 4.74 Å². The van der Waals surface area contributed by atoms with Gasteiger partial charge in [-0.1, -0.05) is 46.8 Å². The molecule has 5 fully saturated rings. The zero-order chi connectivity index (χ0) is 25.6. The number of allylic oxidation sites excluding steroid dienone is 1. The molecule has 3 heteroatoms. The first-order valence-electron chi connectivity index (χ1n) is 14.6. The topological polar surface area (TPSA) is 43.4 Å². The van der Waals surface area contributed by atoms with Gasteiger partial charge in [0.1, 0.15) is 12.4 Å². The standard InChI is InChI=1S/C32H50O3/c1-20(2)22-11-16-32(19-33)18-17-30(7)23(27(22)32)9-10-25-29(6)14-13-26(35-21(3)34)28(4,5)24(29)12-15-31(25,30)8/h19,22-27H,1,9-18H2,2-8H3/t22?,23?,24?,25?,26-,27?,29-,30+,31+,32+/m0/s1. The summed E-state index contributed by atoms with van der Waals surface area (Å²) in [6.45, 7) is 20.8. The largest absolute Gasteiger partial charge is 0.462 e. The first-order chi connectivity index (χ1) is 16.3. The van der Waals surface area contributed by atoms with E-state index in [9.17, 15) is 9.59 Å². The van der Waals surface area contributed by atoms with E-state index >= 15 is 0 Å². The molecule has 0 spiro atoms. The van der Waals surface area contributed by atoms with Gasteiger partial charge in [0, 0.05) is 17.8 Å². The molecule has 3 nitrogen and oxygen atoms in total. The van der Waals surface area contributed by atoms with E-state index in [1.165, 1.54) is 44.0 Å². The number of hydrogen-bond donors (Lipinski definition) is 0. The van der Waals surface area contributed by atoms with Gasteiger partial charge in [0.15, 0.2) is 0 Å². The first-order valence-corrected chi connectivity index (χ1v) is 14.6. The summed E-state index contributed by atoms with van der Waals surface area (Å²) in [6, 6.07) is 0. The van der Waals surface area contributed by atoms with Crippen molar-refractivity contribution in [1.82, 2.24) is 0 Å². The van der Waals surface area contributed by atoms with Crippen molar-refractivity contribution in [3.05, 3.63) is 12.2 Å². The van der Waals surface area contributed by atoms with Gasteiger partial charge in [-0.3, -0.25) is 4.79 Å². The van der Waals surface area contributed by atoms with Crippen molar-refractivity contribution in [2.24, 2.45) is 56.7 Å². The molecule has 0 saturated heterocycles. The molecule has 0 radical (unpaired) electrons. The van der Waals surface area contributed by atoms with Crippen molar-refractivity contribution < 1.29 is 14.3 Å². The predicted molar refractivity (Wildman–Crippen MR) is 141 cm³/mol. The molecule has 0 aromatic carbocycles. The van der Waals surface area contributed by atoms with Crippen LogP contribution in [0.1, 0.15) is 113 Å². The second-order valence-corrected chi connectivity index (χ2v) is 15.0. The Hall–Kier alpha value is -1.12. The van der Waals surface area contributed by atoms with Crippen LogP contribution in [-0.2, 0) is 14.3 Å². The van der Waals surface area contributed by atoms with E-state index in [0.29, 0.717) is 35.0 Å². The van der Waals surface area contributed by atoms with Gasteiger partial charge in [0.05, 0.1) is 0 Å². The smallest absolute Gasteiger partial charge is 0.302 e. The second-order valence-electron chi connectivity index (χ2n) is 15.0. The maximum absolute atomic E-state index is 12.6. The van der Waals surface area contributed by atoms with Crippen LogP contribution >= 0.6 is 0 Å². The summed E-state index contributed by atoms with van der Waals surface area (Å²) in [5, 5.41) is 0. The maximum Gasteiger partial charge on any atom is 0.302 e. The van der Waals surface area contributed by atoms with Crippen molar-refractivity contribution in [2.75, 3.05) is 0 Å². The monoisotopic (exact) mass is 482 g/mol. The summed E-state index contributed by atoms with van der Waals surface area (Å²) < 4.78 is 5.89. The lowest BCUT2D eigenvalue weighted by molar-refractivity contribution is -0.247. The van der Waals surface area contributed by atoms with Crippen LogP contribution in [0.15, 0.2) is 12.2 Å². The lowest BCUT2D eigenvalue weighted by atomic mass is 9.32. The van der Waals surface area contributed by atoms with E-state index in [1.807, 2.05) is 0 Å². The normalized spacial score (nSPS) is 52.3. The van der Waals surface area contributed by atoms with Gasteiger partial charge in [0.25, 0.3) is 0 Å². The van der Waals surface area contributed by atoms with Gasteiger partial charge >= 0.3 is 5.97 Å². The molecule has 5 aliphatic rings.